The normalized spacial score (nSPS) is 19.3. The van der Waals surface area contributed by atoms with Gasteiger partial charge in [-0.05, 0) is 39.3 Å². The molecule has 0 bridgehead atoms. The smallest absolute Gasteiger partial charge is 0.248 e. The Morgan fingerprint density at radius 1 is 1.37 bits per heavy atom. The molecule has 4 nitrogen and oxygen atoms in total. The quantitative estimate of drug-likeness (QED) is 0.900. The number of aryl methyl sites for hydroxylation is 2. The second-order valence-electron chi connectivity index (χ2n) is 5.60. The fourth-order valence-electron chi connectivity index (χ4n) is 2.26. The van der Waals surface area contributed by atoms with Gasteiger partial charge < -0.3 is 10.2 Å². The molecule has 0 spiro atoms. The molecular weight excluding hydrogens is 260 g/mol. The number of carbonyl (C=O) groups is 2. The van der Waals surface area contributed by atoms with Crippen LogP contribution >= 0.6 is 11.3 Å². The summed E-state index contributed by atoms with van der Waals surface area (Å²) in [6.07, 6.45) is 0.374. The summed E-state index contributed by atoms with van der Waals surface area (Å²) in [6, 6.07) is 2.13. The molecule has 1 fully saturated rings. The van der Waals surface area contributed by atoms with Crippen molar-refractivity contribution in [1.82, 2.24) is 10.2 Å². The Hall–Kier alpha value is -1.36. The lowest BCUT2D eigenvalue weighted by Crippen LogP contribution is -2.52. The van der Waals surface area contributed by atoms with Gasteiger partial charge >= 0.3 is 0 Å². The average molecular weight is 280 g/mol. The summed E-state index contributed by atoms with van der Waals surface area (Å²) in [5.41, 5.74) is 0.449. The number of carbonyl (C=O) groups excluding carboxylic acids is 2. The molecule has 1 aromatic rings. The third-order valence-corrected chi connectivity index (χ3v) is 4.58. The number of thiophene rings is 1. The van der Waals surface area contributed by atoms with Gasteiger partial charge in [-0.25, -0.2) is 0 Å². The van der Waals surface area contributed by atoms with Crippen molar-refractivity contribution in [3.05, 3.63) is 21.4 Å². The van der Waals surface area contributed by atoms with Crippen LogP contribution in [-0.4, -0.2) is 28.8 Å². The SMILES string of the molecule is Cc1cc(CN2CCC(=O)NC(C)(C)C2=O)sc1C. The maximum Gasteiger partial charge on any atom is 0.248 e. The zero-order valence-corrected chi connectivity index (χ0v) is 12.7. The predicted molar refractivity (Wildman–Crippen MR) is 76.0 cm³/mol. The number of nitrogens with zero attached hydrogens (tertiary/aromatic N) is 1. The molecule has 1 saturated heterocycles. The lowest BCUT2D eigenvalue weighted by atomic mass is 10.0. The van der Waals surface area contributed by atoms with E-state index in [1.54, 1.807) is 30.1 Å². The molecule has 0 aliphatic carbocycles. The van der Waals surface area contributed by atoms with E-state index in [2.05, 4.69) is 25.2 Å². The Morgan fingerprint density at radius 2 is 2.05 bits per heavy atom. The molecule has 5 heteroatoms. The van der Waals surface area contributed by atoms with Crippen molar-refractivity contribution in [1.29, 1.82) is 0 Å². The minimum absolute atomic E-state index is 0.0120. The van der Waals surface area contributed by atoms with Gasteiger partial charge in [-0.3, -0.25) is 9.59 Å². The molecule has 104 valence electrons. The molecule has 0 radical (unpaired) electrons. The monoisotopic (exact) mass is 280 g/mol. The van der Waals surface area contributed by atoms with Crippen LogP contribution in [0.3, 0.4) is 0 Å². The summed E-state index contributed by atoms with van der Waals surface area (Å²) in [5, 5.41) is 2.77. The molecule has 0 saturated carbocycles. The summed E-state index contributed by atoms with van der Waals surface area (Å²) in [5.74, 6) is -0.0681. The molecule has 0 unspecified atom stereocenters. The first-order valence-corrected chi connectivity index (χ1v) is 7.27. The van der Waals surface area contributed by atoms with E-state index < -0.39 is 5.54 Å². The Morgan fingerprint density at radius 3 is 2.63 bits per heavy atom. The second kappa shape index (κ2) is 4.96. The first-order chi connectivity index (χ1) is 8.79. The van der Waals surface area contributed by atoms with Crippen LogP contribution in [0.1, 0.15) is 35.6 Å². The van der Waals surface area contributed by atoms with E-state index >= 15 is 0 Å². The minimum Gasteiger partial charge on any atom is -0.342 e. The number of rotatable bonds is 2. The van der Waals surface area contributed by atoms with E-state index in [4.69, 9.17) is 0 Å². The zero-order chi connectivity index (χ0) is 14.2. The average Bonchev–Trinajstić information content (AvgIpc) is 2.57. The van der Waals surface area contributed by atoms with Crippen LogP contribution in [-0.2, 0) is 16.1 Å². The molecule has 1 aliphatic heterocycles. The second-order valence-corrected chi connectivity index (χ2v) is 6.94. The van der Waals surface area contributed by atoms with Crippen LogP contribution in [0.4, 0.5) is 0 Å². The van der Waals surface area contributed by atoms with E-state index in [1.165, 1.54) is 15.3 Å². The fraction of sp³-hybridized carbons (Fsp3) is 0.571. The third kappa shape index (κ3) is 2.97. The van der Waals surface area contributed by atoms with Crippen LogP contribution in [0.25, 0.3) is 0 Å². The lowest BCUT2D eigenvalue weighted by molar-refractivity contribution is -0.137. The number of hydrogen-bond acceptors (Lipinski definition) is 3. The van der Waals surface area contributed by atoms with Crippen LogP contribution in [0.5, 0.6) is 0 Å². The molecule has 2 rings (SSSR count). The van der Waals surface area contributed by atoms with Crippen LogP contribution in [0.2, 0.25) is 0 Å². The van der Waals surface area contributed by atoms with E-state index in [0.717, 1.165) is 0 Å². The van der Waals surface area contributed by atoms with Gasteiger partial charge in [-0.1, -0.05) is 0 Å². The summed E-state index contributed by atoms with van der Waals surface area (Å²) < 4.78 is 0. The van der Waals surface area contributed by atoms with E-state index in [-0.39, 0.29) is 11.8 Å². The summed E-state index contributed by atoms with van der Waals surface area (Å²) in [7, 11) is 0. The van der Waals surface area contributed by atoms with E-state index in [1.807, 2.05) is 0 Å². The van der Waals surface area contributed by atoms with Crippen LogP contribution in [0.15, 0.2) is 6.07 Å². The molecule has 1 aliphatic rings. The van der Waals surface area contributed by atoms with Crippen molar-refractivity contribution in [2.75, 3.05) is 6.54 Å². The Bertz CT molecular complexity index is 500. The molecular formula is C14H20N2O2S. The van der Waals surface area contributed by atoms with Gasteiger partial charge in [-0.15, -0.1) is 11.3 Å². The molecule has 0 aromatic carbocycles. The van der Waals surface area contributed by atoms with Gasteiger partial charge in [0.05, 0.1) is 6.54 Å². The van der Waals surface area contributed by atoms with Gasteiger partial charge in [0, 0.05) is 22.7 Å². The third-order valence-electron chi connectivity index (χ3n) is 3.45. The van der Waals surface area contributed by atoms with E-state index in [0.29, 0.717) is 19.5 Å². The van der Waals surface area contributed by atoms with Crippen molar-refractivity contribution in [3.63, 3.8) is 0 Å². The zero-order valence-electron chi connectivity index (χ0n) is 11.9. The van der Waals surface area contributed by atoms with Crippen molar-refractivity contribution >= 4 is 23.2 Å². The Labute approximate surface area is 117 Å². The number of hydrogen-bond donors (Lipinski definition) is 1. The Kier molecular flexibility index (Phi) is 3.67. The fourth-order valence-corrected chi connectivity index (χ4v) is 3.33. The van der Waals surface area contributed by atoms with Gasteiger partial charge in [0.1, 0.15) is 5.54 Å². The minimum atomic E-state index is -0.811. The van der Waals surface area contributed by atoms with Crippen LogP contribution in [0, 0.1) is 13.8 Å². The first kappa shape index (κ1) is 14.1. The molecule has 1 N–H and O–H groups in total. The lowest BCUT2D eigenvalue weighted by Gasteiger charge is -2.28. The number of nitrogens with one attached hydrogen (secondary N) is 1. The Balaban J connectivity index is 2.18. The highest BCUT2D eigenvalue weighted by molar-refractivity contribution is 7.12. The largest absolute Gasteiger partial charge is 0.342 e. The van der Waals surface area contributed by atoms with Gasteiger partial charge in [0.25, 0.3) is 0 Å². The molecule has 0 atom stereocenters. The highest BCUT2D eigenvalue weighted by Crippen LogP contribution is 2.24. The van der Waals surface area contributed by atoms with Gasteiger partial charge in [0.15, 0.2) is 0 Å². The van der Waals surface area contributed by atoms with Gasteiger partial charge in [-0.2, -0.15) is 0 Å². The summed E-state index contributed by atoms with van der Waals surface area (Å²) >= 11 is 1.72. The highest BCUT2D eigenvalue weighted by atomic mass is 32.1. The first-order valence-electron chi connectivity index (χ1n) is 6.46. The van der Waals surface area contributed by atoms with Crippen molar-refractivity contribution < 1.29 is 9.59 Å². The number of amides is 2. The maximum atomic E-state index is 12.4. The summed E-state index contributed by atoms with van der Waals surface area (Å²) in [6.45, 7) is 8.77. The molecule has 19 heavy (non-hydrogen) atoms. The van der Waals surface area contributed by atoms with Crippen molar-refractivity contribution in [3.8, 4) is 0 Å². The highest BCUT2D eigenvalue weighted by Gasteiger charge is 2.36. The maximum absolute atomic E-state index is 12.4. The van der Waals surface area contributed by atoms with E-state index in [9.17, 15) is 9.59 Å². The van der Waals surface area contributed by atoms with Crippen molar-refractivity contribution in [2.45, 2.75) is 46.2 Å². The topological polar surface area (TPSA) is 49.4 Å². The standard InChI is InChI=1S/C14H20N2O2S/c1-9-7-11(19-10(9)2)8-16-6-5-12(17)15-14(3,4)13(16)18/h7H,5-6,8H2,1-4H3,(H,15,17). The van der Waals surface area contributed by atoms with Crippen molar-refractivity contribution in [2.24, 2.45) is 0 Å². The van der Waals surface area contributed by atoms with Crippen LogP contribution < -0.4 is 5.32 Å². The molecule has 1 aromatic heterocycles. The summed E-state index contributed by atoms with van der Waals surface area (Å²) in [4.78, 5) is 28.3. The van der Waals surface area contributed by atoms with Gasteiger partial charge in [0.2, 0.25) is 11.8 Å². The molecule has 2 heterocycles. The molecule has 2 amide bonds. The predicted octanol–water partition coefficient (Wildman–Crippen LogP) is 1.99.